The molecule has 0 saturated carbocycles. The number of nitrogens with zero attached hydrogens (tertiary/aromatic N) is 2. The highest BCUT2D eigenvalue weighted by atomic mass is 32.1. The highest BCUT2D eigenvalue weighted by Gasteiger charge is 2.08. The van der Waals surface area contributed by atoms with Crippen LogP contribution in [0, 0.1) is 6.92 Å². The lowest BCUT2D eigenvalue weighted by atomic mass is 10.2. The van der Waals surface area contributed by atoms with Gasteiger partial charge in [0.15, 0.2) is 5.96 Å². The Hall–Kier alpha value is -2.38. The molecule has 1 atom stereocenters. The van der Waals surface area contributed by atoms with Crippen LogP contribution in [0.3, 0.4) is 0 Å². The molecular formula is C22H33N5OS. The maximum atomic E-state index is 12.0. The second kappa shape index (κ2) is 11.6. The number of aryl methyl sites for hydroxylation is 1. The van der Waals surface area contributed by atoms with Gasteiger partial charge in [-0.1, -0.05) is 12.1 Å². The maximum Gasteiger partial charge on any atom is 0.238 e. The Labute approximate surface area is 178 Å². The first kappa shape index (κ1) is 22.9. The molecule has 0 bridgehead atoms. The first-order valence-electron chi connectivity index (χ1n) is 9.99. The molecule has 0 saturated heterocycles. The Balaban J connectivity index is 1.96. The monoisotopic (exact) mass is 415 g/mol. The molecule has 3 N–H and O–H groups in total. The van der Waals surface area contributed by atoms with E-state index in [1.807, 2.05) is 54.6 Å². The first-order valence-corrected chi connectivity index (χ1v) is 10.8. The van der Waals surface area contributed by atoms with E-state index in [0.29, 0.717) is 13.1 Å². The van der Waals surface area contributed by atoms with Crippen molar-refractivity contribution in [1.29, 1.82) is 0 Å². The van der Waals surface area contributed by atoms with Gasteiger partial charge < -0.3 is 20.9 Å². The summed E-state index contributed by atoms with van der Waals surface area (Å²) >= 11 is 1.84. The molecule has 1 heterocycles. The van der Waals surface area contributed by atoms with E-state index in [9.17, 15) is 4.79 Å². The lowest BCUT2D eigenvalue weighted by molar-refractivity contribution is -0.116. The van der Waals surface area contributed by atoms with Gasteiger partial charge in [0.2, 0.25) is 5.91 Å². The molecule has 7 heteroatoms. The second-order valence-electron chi connectivity index (χ2n) is 7.44. The van der Waals surface area contributed by atoms with Crippen molar-refractivity contribution < 1.29 is 4.79 Å². The molecular weight excluding hydrogens is 382 g/mol. The number of hydrogen-bond donors (Lipinski definition) is 3. The van der Waals surface area contributed by atoms with Gasteiger partial charge >= 0.3 is 0 Å². The minimum atomic E-state index is -0.0247. The molecule has 1 aromatic carbocycles. The maximum absolute atomic E-state index is 12.0. The van der Waals surface area contributed by atoms with Crippen LogP contribution in [0.4, 0.5) is 5.69 Å². The Bertz CT molecular complexity index is 815. The van der Waals surface area contributed by atoms with Crippen LogP contribution in [-0.4, -0.2) is 50.0 Å². The highest BCUT2D eigenvalue weighted by molar-refractivity contribution is 7.11. The van der Waals surface area contributed by atoms with Gasteiger partial charge in [0.05, 0.1) is 13.1 Å². The molecule has 1 amide bonds. The largest absolute Gasteiger partial charge is 0.357 e. The zero-order chi connectivity index (χ0) is 21.2. The molecule has 0 aliphatic heterocycles. The Morgan fingerprint density at radius 3 is 2.69 bits per heavy atom. The van der Waals surface area contributed by atoms with Crippen molar-refractivity contribution in [2.24, 2.45) is 4.99 Å². The number of carbonyl (C=O) groups excluding carboxylic acids is 1. The third-order valence-electron chi connectivity index (χ3n) is 4.12. The summed E-state index contributed by atoms with van der Waals surface area (Å²) in [6.07, 6.45) is 0.969. The third-order valence-corrected chi connectivity index (χ3v) is 5.14. The van der Waals surface area contributed by atoms with Gasteiger partial charge in [0, 0.05) is 34.4 Å². The van der Waals surface area contributed by atoms with Crippen LogP contribution in [0.2, 0.25) is 0 Å². The van der Waals surface area contributed by atoms with Crippen molar-refractivity contribution in [1.82, 2.24) is 15.5 Å². The van der Waals surface area contributed by atoms with Crippen LogP contribution in [-0.2, 0) is 17.8 Å². The molecule has 6 nitrogen and oxygen atoms in total. The predicted molar refractivity (Wildman–Crippen MR) is 124 cm³/mol. The van der Waals surface area contributed by atoms with E-state index in [1.54, 1.807) is 0 Å². The number of nitrogens with one attached hydrogen (secondary N) is 3. The van der Waals surface area contributed by atoms with Gasteiger partial charge in [-0.15, -0.1) is 11.3 Å². The lowest BCUT2D eigenvalue weighted by Gasteiger charge is -2.17. The quantitative estimate of drug-likeness (QED) is 0.434. The predicted octanol–water partition coefficient (Wildman–Crippen LogP) is 3.24. The van der Waals surface area contributed by atoms with Crippen molar-refractivity contribution >= 4 is 28.9 Å². The van der Waals surface area contributed by atoms with Gasteiger partial charge in [-0.2, -0.15) is 0 Å². The summed E-state index contributed by atoms with van der Waals surface area (Å²) in [6, 6.07) is 12.5. The molecule has 1 unspecified atom stereocenters. The molecule has 1 aromatic heterocycles. The standard InChI is InChI=1S/C22H33N5OS/c1-6-23-22(25-16(2)12-20-11-10-17(3)29-20)24-14-18-8-7-9-19(13-18)26-21(28)15-27(4)5/h7-11,13,16H,6,12,14-15H2,1-5H3,(H,26,28)(H2,23,24,25). The fraction of sp³-hybridized carbons (Fsp3) is 0.455. The Morgan fingerprint density at radius 2 is 2.03 bits per heavy atom. The molecule has 2 rings (SSSR count). The first-order chi connectivity index (χ1) is 13.9. The molecule has 0 radical (unpaired) electrons. The Morgan fingerprint density at radius 1 is 1.24 bits per heavy atom. The van der Waals surface area contributed by atoms with Crippen LogP contribution >= 0.6 is 11.3 Å². The molecule has 29 heavy (non-hydrogen) atoms. The van der Waals surface area contributed by atoms with Crippen LogP contribution < -0.4 is 16.0 Å². The molecule has 158 valence electrons. The van der Waals surface area contributed by atoms with Crippen molar-refractivity contribution in [2.45, 2.75) is 39.8 Å². The normalized spacial score (nSPS) is 12.7. The average Bonchev–Trinajstić information content (AvgIpc) is 3.04. The van der Waals surface area contributed by atoms with Crippen molar-refractivity contribution in [2.75, 3.05) is 32.5 Å². The number of aliphatic imine (C=N–C) groups is 1. The fourth-order valence-electron chi connectivity index (χ4n) is 2.91. The summed E-state index contributed by atoms with van der Waals surface area (Å²) < 4.78 is 0. The van der Waals surface area contributed by atoms with Crippen molar-refractivity contribution in [3.8, 4) is 0 Å². The van der Waals surface area contributed by atoms with Crippen LogP contribution in [0.15, 0.2) is 41.4 Å². The number of guanidine groups is 1. The topological polar surface area (TPSA) is 68.8 Å². The highest BCUT2D eigenvalue weighted by Crippen LogP contribution is 2.16. The third kappa shape index (κ3) is 8.66. The van der Waals surface area contributed by atoms with E-state index in [4.69, 9.17) is 4.99 Å². The Kier molecular flexibility index (Phi) is 9.15. The van der Waals surface area contributed by atoms with Gasteiger partial charge in [0.1, 0.15) is 0 Å². The SMILES string of the molecule is CCNC(=NCc1cccc(NC(=O)CN(C)C)c1)NC(C)Cc1ccc(C)s1. The second-order valence-corrected chi connectivity index (χ2v) is 8.82. The van der Waals surface area contributed by atoms with Gasteiger partial charge in [0.25, 0.3) is 0 Å². The minimum absolute atomic E-state index is 0.0247. The van der Waals surface area contributed by atoms with Crippen molar-refractivity contribution in [3.05, 3.63) is 51.7 Å². The number of amides is 1. The lowest BCUT2D eigenvalue weighted by Crippen LogP contribution is -2.43. The number of rotatable bonds is 9. The summed E-state index contributed by atoms with van der Waals surface area (Å²) in [7, 11) is 3.75. The number of anilines is 1. The summed E-state index contributed by atoms with van der Waals surface area (Å²) in [5.41, 5.74) is 1.84. The smallest absolute Gasteiger partial charge is 0.238 e. The fourth-order valence-corrected chi connectivity index (χ4v) is 3.93. The molecule has 0 aliphatic rings. The van der Waals surface area contributed by atoms with E-state index < -0.39 is 0 Å². The molecule has 0 spiro atoms. The number of carbonyl (C=O) groups is 1. The van der Waals surface area contributed by atoms with Crippen LogP contribution in [0.1, 0.15) is 29.2 Å². The summed E-state index contributed by atoms with van der Waals surface area (Å²) in [6.45, 7) is 8.07. The summed E-state index contributed by atoms with van der Waals surface area (Å²) in [4.78, 5) is 21.2. The number of hydrogen-bond acceptors (Lipinski definition) is 4. The number of likely N-dealkylation sites (N-methyl/N-ethyl adjacent to an activating group) is 1. The summed E-state index contributed by atoms with van der Waals surface area (Å²) in [5.74, 6) is 0.776. The van der Waals surface area contributed by atoms with Crippen molar-refractivity contribution in [3.63, 3.8) is 0 Å². The van der Waals surface area contributed by atoms with E-state index in [1.165, 1.54) is 9.75 Å². The molecule has 0 aliphatic carbocycles. The van der Waals surface area contributed by atoms with E-state index in [2.05, 4.69) is 48.9 Å². The molecule has 2 aromatic rings. The number of thiophene rings is 1. The zero-order valence-electron chi connectivity index (χ0n) is 18.1. The average molecular weight is 416 g/mol. The van der Waals surface area contributed by atoms with Gasteiger partial charge in [-0.25, -0.2) is 4.99 Å². The molecule has 0 fully saturated rings. The summed E-state index contributed by atoms with van der Waals surface area (Å²) in [5, 5.41) is 9.72. The van der Waals surface area contributed by atoms with Gasteiger partial charge in [-0.3, -0.25) is 4.79 Å². The van der Waals surface area contributed by atoms with Crippen LogP contribution in [0.5, 0.6) is 0 Å². The van der Waals surface area contributed by atoms with Gasteiger partial charge in [-0.05, 0) is 64.7 Å². The van der Waals surface area contributed by atoms with E-state index in [-0.39, 0.29) is 11.9 Å². The van der Waals surface area contributed by atoms with E-state index >= 15 is 0 Å². The minimum Gasteiger partial charge on any atom is -0.357 e. The number of benzene rings is 1. The zero-order valence-corrected chi connectivity index (χ0v) is 18.9. The van der Waals surface area contributed by atoms with Crippen LogP contribution in [0.25, 0.3) is 0 Å². The van der Waals surface area contributed by atoms with E-state index in [0.717, 1.165) is 30.2 Å².